The van der Waals surface area contributed by atoms with Crippen molar-refractivity contribution in [1.82, 2.24) is 19.7 Å². The van der Waals surface area contributed by atoms with E-state index in [0.29, 0.717) is 17.3 Å². The Labute approximate surface area is 134 Å². The lowest BCUT2D eigenvalue weighted by atomic mass is 10.2. The average Bonchev–Trinajstić information content (AvgIpc) is 2.95. The van der Waals surface area contributed by atoms with Crippen LogP contribution >= 0.6 is 0 Å². The molecule has 0 saturated carbocycles. The summed E-state index contributed by atoms with van der Waals surface area (Å²) in [4.78, 5) is 4.25. The van der Waals surface area contributed by atoms with E-state index in [4.69, 9.17) is 9.47 Å². The number of rotatable bonds is 4. The molecule has 3 aromatic rings. The summed E-state index contributed by atoms with van der Waals surface area (Å²) in [7, 11) is 3.26. The van der Waals surface area contributed by atoms with Crippen molar-refractivity contribution in [2.75, 3.05) is 14.2 Å². The fourth-order valence-electron chi connectivity index (χ4n) is 2.55. The van der Waals surface area contributed by atoms with Crippen molar-refractivity contribution in [1.29, 1.82) is 0 Å². The zero-order valence-electron chi connectivity index (χ0n) is 13.6. The van der Waals surface area contributed by atoms with Gasteiger partial charge in [-0.25, -0.2) is 0 Å². The van der Waals surface area contributed by atoms with Crippen LogP contribution < -0.4 is 9.47 Å². The molecular formula is C17H18N4O2. The number of benzene rings is 1. The first-order chi connectivity index (χ1) is 11.2. The molecule has 0 saturated heterocycles. The number of nitrogens with zero attached hydrogens (tertiary/aromatic N) is 4. The second kappa shape index (κ2) is 6.08. The van der Waals surface area contributed by atoms with Crippen LogP contribution in [0.2, 0.25) is 0 Å². The van der Waals surface area contributed by atoms with Gasteiger partial charge in [-0.15, -0.1) is 10.2 Å². The zero-order valence-corrected chi connectivity index (χ0v) is 13.6. The molecule has 0 amide bonds. The van der Waals surface area contributed by atoms with Gasteiger partial charge >= 0.3 is 0 Å². The van der Waals surface area contributed by atoms with Gasteiger partial charge in [0.25, 0.3) is 0 Å². The summed E-state index contributed by atoms with van der Waals surface area (Å²) in [6.45, 7) is 3.89. The summed E-state index contributed by atoms with van der Waals surface area (Å²) in [5.74, 6) is 2.81. The predicted molar refractivity (Wildman–Crippen MR) is 87.2 cm³/mol. The van der Waals surface area contributed by atoms with Gasteiger partial charge in [-0.2, -0.15) is 0 Å². The first-order valence-corrected chi connectivity index (χ1v) is 7.21. The third-order valence-electron chi connectivity index (χ3n) is 3.58. The van der Waals surface area contributed by atoms with Crippen LogP contribution in [0.15, 0.2) is 36.7 Å². The van der Waals surface area contributed by atoms with Crippen LogP contribution in [0.4, 0.5) is 0 Å². The highest BCUT2D eigenvalue weighted by Crippen LogP contribution is 2.35. The smallest absolute Gasteiger partial charge is 0.170 e. The largest absolute Gasteiger partial charge is 0.494 e. The van der Waals surface area contributed by atoms with Gasteiger partial charge in [0.05, 0.1) is 14.2 Å². The van der Waals surface area contributed by atoms with Crippen molar-refractivity contribution >= 4 is 0 Å². The molecule has 0 atom stereocenters. The molecule has 2 heterocycles. The molecule has 0 aliphatic carbocycles. The highest BCUT2D eigenvalue weighted by Gasteiger charge is 2.20. The molecular weight excluding hydrogens is 292 g/mol. The molecule has 0 N–H and O–H groups in total. The van der Waals surface area contributed by atoms with Crippen molar-refractivity contribution in [3.05, 3.63) is 48.0 Å². The molecule has 1 aromatic carbocycles. The second-order valence-corrected chi connectivity index (χ2v) is 5.17. The molecule has 0 spiro atoms. The summed E-state index contributed by atoms with van der Waals surface area (Å²) >= 11 is 0. The standard InChI is InChI=1S/C17H18N4O2/c1-11-8-13(10-18-9-11)17-20-19-12(2)21(17)16-14(22-3)6-5-7-15(16)23-4/h5-10H,1-4H3. The number of methoxy groups -OCH3 is 2. The van der Waals surface area contributed by atoms with Crippen LogP contribution in [0.1, 0.15) is 11.4 Å². The predicted octanol–water partition coefficient (Wildman–Crippen LogP) is 2.96. The molecule has 0 aliphatic rings. The Morgan fingerprint density at radius 1 is 0.957 bits per heavy atom. The van der Waals surface area contributed by atoms with Crippen molar-refractivity contribution in [2.45, 2.75) is 13.8 Å². The Morgan fingerprint density at radius 2 is 1.65 bits per heavy atom. The van der Waals surface area contributed by atoms with Gasteiger partial charge in [0, 0.05) is 18.0 Å². The van der Waals surface area contributed by atoms with Gasteiger partial charge in [0.2, 0.25) is 0 Å². The monoisotopic (exact) mass is 310 g/mol. The Hall–Kier alpha value is -2.89. The maximum Gasteiger partial charge on any atom is 0.170 e. The minimum absolute atomic E-state index is 0.689. The van der Waals surface area contributed by atoms with E-state index >= 15 is 0 Å². The summed E-state index contributed by atoms with van der Waals surface area (Å²) in [5.41, 5.74) is 2.72. The summed E-state index contributed by atoms with van der Waals surface area (Å²) < 4.78 is 12.9. The summed E-state index contributed by atoms with van der Waals surface area (Å²) in [5, 5.41) is 8.54. The van der Waals surface area contributed by atoms with Gasteiger partial charge in [0.1, 0.15) is 23.0 Å². The number of para-hydroxylation sites is 1. The molecule has 3 rings (SSSR count). The number of aryl methyl sites for hydroxylation is 2. The van der Waals surface area contributed by atoms with Gasteiger partial charge in [-0.3, -0.25) is 9.55 Å². The number of pyridine rings is 1. The van der Waals surface area contributed by atoms with E-state index in [9.17, 15) is 0 Å². The van der Waals surface area contributed by atoms with E-state index in [1.54, 1.807) is 26.6 Å². The first kappa shape index (κ1) is 15.0. The Balaban J connectivity index is 2.29. The molecule has 0 fully saturated rings. The van der Waals surface area contributed by atoms with Crippen LogP contribution in [0.25, 0.3) is 17.1 Å². The number of aromatic nitrogens is 4. The molecule has 118 valence electrons. The Bertz CT molecular complexity index is 820. The normalized spacial score (nSPS) is 10.6. The number of ether oxygens (including phenoxy) is 2. The SMILES string of the molecule is COc1cccc(OC)c1-n1c(C)nnc1-c1cncc(C)c1. The maximum atomic E-state index is 5.51. The lowest BCUT2D eigenvalue weighted by Crippen LogP contribution is -2.05. The lowest BCUT2D eigenvalue weighted by Gasteiger charge is -2.16. The highest BCUT2D eigenvalue weighted by atomic mass is 16.5. The van der Waals surface area contributed by atoms with E-state index in [1.165, 1.54) is 0 Å². The minimum Gasteiger partial charge on any atom is -0.494 e. The first-order valence-electron chi connectivity index (χ1n) is 7.21. The third-order valence-corrected chi connectivity index (χ3v) is 3.58. The van der Waals surface area contributed by atoms with Gasteiger partial charge in [-0.1, -0.05) is 6.07 Å². The van der Waals surface area contributed by atoms with Gasteiger partial charge in [-0.05, 0) is 37.6 Å². The van der Waals surface area contributed by atoms with Crippen LogP contribution in [-0.2, 0) is 0 Å². The second-order valence-electron chi connectivity index (χ2n) is 5.17. The fourth-order valence-corrected chi connectivity index (χ4v) is 2.55. The summed E-state index contributed by atoms with van der Waals surface area (Å²) in [6.07, 6.45) is 3.58. The molecule has 0 bridgehead atoms. The maximum absolute atomic E-state index is 5.51. The van der Waals surface area contributed by atoms with E-state index < -0.39 is 0 Å². The number of hydrogen-bond donors (Lipinski definition) is 0. The van der Waals surface area contributed by atoms with Crippen molar-refractivity contribution in [3.63, 3.8) is 0 Å². The van der Waals surface area contributed by atoms with Crippen molar-refractivity contribution in [3.8, 4) is 28.6 Å². The number of hydrogen-bond acceptors (Lipinski definition) is 5. The molecule has 2 aromatic heterocycles. The van der Waals surface area contributed by atoms with Crippen LogP contribution in [0.5, 0.6) is 11.5 Å². The molecule has 6 nitrogen and oxygen atoms in total. The topological polar surface area (TPSA) is 62.1 Å². The van der Waals surface area contributed by atoms with Crippen LogP contribution in [-0.4, -0.2) is 34.0 Å². The van der Waals surface area contributed by atoms with Gasteiger partial charge < -0.3 is 9.47 Å². The van der Waals surface area contributed by atoms with Crippen LogP contribution in [0.3, 0.4) is 0 Å². The Kier molecular flexibility index (Phi) is 3.97. The van der Waals surface area contributed by atoms with E-state index in [1.807, 2.05) is 42.7 Å². The molecule has 6 heteroatoms. The highest BCUT2D eigenvalue weighted by molar-refractivity contribution is 5.65. The molecule has 0 aliphatic heterocycles. The molecule has 23 heavy (non-hydrogen) atoms. The Morgan fingerprint density at radius 3 is 2.26 bits per heavy atom. The quantitative estimate of drug-likeness (QED) is 0.741. The molecule has 0 radical (unpaired) electrons. The fraction of sp³-hybridized carbons (Fsp3) is 0.235. The third kappa shape index (κ3) is 2.63. The van der Waals surface area contributed by atoms with E-state index in [-0.39, 0.29) is 0 Å². The minimum atomic E-state index is 0.689. The van der Waals surface area contributed by atoms with Crippen LogP contribution in [0, 0.1) is 13.8 Å². The zero-order chi connectivity index (χ0) is 16.4. The van der Waals surface area contributed by atoms with Crippen molar-refractivity contribution < 1.29 is 9.47 Å². The van der Waals surface area contributed by atoms with Crippen molar-refractivity contribution in [2.24, 2.45) is 0 Å². The van der Waals surface area contributed by atoms with E-state index in [2.05, 4.69) is 15.2 Å². The van der Waals surface area contributed by atoms with E-state index in [0.717, 1.165) is 22.6 Å². The summed E-state index contributed by atoms with van der Waals surface area (Å²) in [6, 6.07) is 7.68. The molecule has 0 unspecified atom stereocenters. The average molecular weight is 310 g/mol. The van der Waals surface area contributed by atoms with Gasteiger partial charge in [0.15, 0.2) is 5.82 Å². The lowest BCUT2D eigenvalue weighted by molar-refractivity contribution is 0.391.